The lowest BCUT2D eigenvalue weighted by Crippen LogP contribution is -2.65. The molecule has 0 saturated carbocycles. The van der Waals surface area contributed by atoms with Crippen LogP contribution in [0.3, 0.4) is 0 Å². The number of likely N-dealkylation sites (tertiary alicyclic amines) is 2. The number of hydrogen-bond acceptors (Lipinski definition) is 13. The Labute approximate surface area is 378 Å². The average Bonchev–Trinajstić information content (AvgIpc) is 3.90. The first-order valence-corrected chi connectivity index (χ1v) is 20.7. The zero-order chi connectivity index (χ0) is 46.6. The topological polar surface area (TPSA) is 277 Å². The van der Waals surface area contributed by atoms with Crippen molar-refractivity contribution < 1.29 is 29.3 Å². The van der Waals surface area contributed by atoms with Crippen LogP contribution in [0, 0.1) is 29.6 Å². The third-order valence-corrected chi connectivity index (χ3v) is 11.5. The standard InChI is InChI=1S/C46H46N14O6/c1-29-8-17-38(66-2)37(22-29)54-44(65)58-27-45(28-58,18-20-47)59-23-35(39(49)62)40(55-59)51-31-9-11-32(12-10-31)52-42(63)36-24-60(56-41(36)50-30-6-4-3-5-7-30)46(19-21-48)25-57(26-46)43(64)53-33-13-15-34(61)16-14-33/h3-17,22-24,39,61-62H,18-19,25-28,49H2,1-2H3,(H,50,56)(H,51,55)(H,52,63)(H,53,64)(H,54,65). The lowest BCUT2D eigenvalue weighted by molar-refractivity contribution is 0.0398. The molecule has 336 valence electrons. The summed E-state index contributed by atoms with van der Waals surface area (Å²) in [6.07, 6.45) is 1.74. The van der Waals surface area contributed by atoms with Crippen LogP contribution in [0.25, 0.3) is 0 Å². The van der Waals surface area contributed by atoms with Gasteiger partial charge in [-0.3, -0.25) is 14.2 Å². The number of aryl methyl sites for hydroxylation is 1. The highest BCUT2D eigenvalue weighted by Gasteiger charge is 2.49. The van der Waals surface area contributed by atoms with Gasteiger partial charge in [0.1, 0.15) is 34.4 Å². The number of para-hydroxylation sites is 1. The van der Waals surface area contributed by atoms with Crippen molar-refractivity contribution in [2.75, 3.05) is 59.9 Å². The lowest BCUT2D eigenvalue weighted by Gasteiger charge is -2.48. The van der Waals surface area contributed by atoms with Crippen LogP contribution in [0.15, 0.2) is 109 Å². The monoisotopic (exact) mass is 890 g/mol. The molecule has 9 N–H and O–H groups in total. The number of benzene rings is 4. The fourth-order valence-electron chi connectivity index (χ4n) is 7.90. The molecule has 2 saturated heterocycles. The third-order valence-electron chi connectivity index (χ3n) is 11.5. The van der Waals surface area contributed by atoms with Gasteiger partial charge in [0.15, 0.2) is 11.6 Å². The van der Waals surface area contributed by atoms with Gasteiger partial charge in [0.05, 0.1) is 69.5 Å². The van der Waals surface area contributed by atoms with E-state index in [9.17, 15) is 35.1 Å². The Bertz CT molecular complexity index is 2840. The maximum absolute atomic E-state index is 14.0. The molecule has 6 aromatic rings. The quantitative estimate of drug-likeness (QED) is 0.0454. The fourth-order valence-corrected chi connectivity index (χ4v) is 7.90. The number of anilines is 7. The first-order valence-electron chi connectivity index (χ1n) is 20.7. The number of carbonyl (C=O) groups is 3. The van der Waals surface area contributed by atoms with Crippen LogP contribution in [-0.4, -0.2) is 90.8 Å². The van der Waals surface area contributed by atoms with Crippen molar-refractivity contribution >= 4 is 58.0 Å². The van der Waals surface area contributed by atoms with Crippen LogP contribution in [0.4, 0.5) is 49.7 Å². The average molecular weight is 891 g/mol. The molecule has 4 heterocycles. The summed E-state index contributed by atoms with van der Waals surface area (Å²) >= 11 is 0. The summed E-state index contributed by atoms with van der Waals surface area (Å²) in [6.45, 7) is 2.52. The number of aliphatic hydroxyl groups excluding tert-OH is 1. The Kier molecular flexibility index (Phi) is 12.2. The number of hydrogen-bond donors (Lipinski definition) is 8. The van der Waals surface area contributed by atoms with Crippen LogP contribution in [0.2, 0.25) is 0 Å². The summed E-state index contributed by atoms with van der Waals surface area (Å²) in [4.78, 5) is 43.5. The molecule has 2 aliphatic heterocycles. The second-order valence-corrected chi connectivity index (χ2v) is 16.2. The van der Waals surface area contributed by atoms with E-state index in [-0.39, 0.29) is 79.6 Å². The molecule has 2 fully saturated rings. The first kappa shape index (κ1) is 44.0. The van der Waals surface area contributed by atoms with E-state index in [0.29, 0.717) is 34.2 Å². The number of ether oxygens (including phenoxy) is 1. The maximum atomic E-state index is 14.0. The number of aromatic nitrogens is 4. The number of nitrogens with two attached hydrogens (primary N) is 1. The Hall–Kier alpha value is -8.59. The molecule has 8 rings (SSSR count). The van der Waals surface area contributed by atoms with Gasteiger partial charge in [-0.05, 0) is 85.3 Å². The highest BCUT2D eigenvalue weighted by molar-refractivity contribution is 6.08. The van der Waals surface area contributed by atoms with Gasteiger partial charge in [0.25, 0.3) is 5.91 Å². The van der Waals surface area contributed by atoms with E-state index in [1.54, 1.807) is 75.2 Å². The Balaban J connectivity index is 0.963. The predicted octanol–water partition coefficient (Wildman–Crippen LogP) is 6.10. The zero-order valence-corrected chi connectivity index (χ0v) is 35.9. The summed E-state index contributed by atoms with van der Waals surface area (Å²) in [7, 11) is 1.52. The molecule has 20 heteroatoms. The Morgan fingerprint density at radius 2 is 1.27 bits per heavy atom. The van der Waals surface area contributed by atoms with Gasteiger partial charge in [-0.25, -0.2) is 9.59 Å². The minimum absolute atomic E-state index is 0.0124. The summed E-state index contributed by atoms with van der Waals surface area (Å²) < 4.78 is 8.52. The highest BCUT2D eigenvalue weighted by atomic mass is 16.5. The normalized spacial score (nSPS) is 14.9. The summed E-state index contributed by atoms with van der Waals surface area (Å²) in [6, 6.07) is 31.1. The number of amides is 5. The molecule has 0 bridgehead atoms. The van der Waals surface area contributed by atoms with Crippen molar-refractivity contribution in [1.29, 1.82) is 10.5 Å². The van der Waals surface area contributed by atoms with E-state index < -0.39 is 23.2 Å². The molecule has 0 aliphatic carbocycles. The molecule has 1 unspecified atom stereocenters. The van der Waals surface area contributed by atoms with Crippen molar-refractivity contribution in [3.05, 3.63) is 126 Å². The van der Waals surface area contributed by atoms with E-state index in [0.717, 1.165) is 5.56 Å². The molecule has 1 atom stereocenters. The number of aliphatic hydroxyl groups is 1. The van der Waals surface area contributed by atoms with Gasteiger partial charge in [-0.15, -0.1) is 0 Å². The number of nitriles is 2. The van der Waals surface area contributed by atoms with Crippen molar-refractivity contribution in [3.63, 3.8) is 0 Å². The third kappa shape index (κ3) is 9.08. The second kappa shape index (κ2) is 18.3. The number of aromatic hydroxyl groups is 1. The molecular weight excluding hydrogens is 845 g/mol. The van der Waals surface area contributed by atoms with Gasteiger partial charge in [0, 0.05) is 35.1 Å². The lowest BCUT2D eigenvalue weighted by atomic mass is 9.87. The largest absolute Gasteiger partial charge is 0.508 e. The summed E-state index contributed by atoms with van der Waals surface area (Å²) in [5.74, 6) is 0.548. The van der Waals surface area contributed by atoms with Gasteiger partial charge in [-0.2, -0.15) is 20.7 Å². The second-order valence-electron chi connectivity index (χ2n) is 16.2. The van der Waals surface area contributed by atoms with Crippen LogP contribution in [0.5, 0.6) is 11.5 Å². The molecule has 5 amide bonds. The molecule has 2 aromatic heterocycles. The number of phenolic OH excluding ortho intramolecular Hbond substituents is 1. The summed E-state index contributed by atoms with van der Waals surface area (Å²) in [5, 5.41) is 64.2. The number of methoxy groups -OCH3 is 1. The zero-order valence-electron chi connectivity index (χ0n) is 35.9. The SMILES string of the molecule is COc1ccc(C)cc1NC(=O)N1CC(CC#N)(n2cc(C(N)O)c(Nc3ccc(NC(=O)c4cn(C5(CC#N)CN(C(=O)Nc6ccc(O)cc6)C5)nc4Nc4ccccc4)cc3)n2)C1. The number of nitrogens with zero attached hydrogens (tertiary/aromatic N) is 8. The molecule has 4 aromatic carbocycles. The molecule has 2 aliphatic rings. The van der Waals surface area contributed by atoms with Crippen LogP contribution in [-0.2, 0) is 11.1 Å². The molecule has 20 nitrogen and oxygen atoms in total. The van der Waals surface area contributed by atoms with Crippen LogP contribution >= 0.6 is 0 Å². The van der Waals surface area contributed by atoms with Crippen LogP contribution in [0.1, 0.15) is 40.6 Å². The van der Waals surface area contributed by atoms with E-state index in [1.165, 1.54) is 24.1 Å². The van der Waals surface area contributed by atoms with Gasteiger partial charge in [-0.1, -0.05) is 24.3 Å². The van der Waals surface area contributed by atoms with Crippen molar-refractivity contribution in [1.82, 2.24) is 29.4 Å². The first-order chi connectivity index (χ1) is 31.8. The van der Waals surface area contributed by atoms with Crippen molar-refractivity contribution in [2.45, 2.75) is 37.1 Å². The van der Waals surface area contributed by atoms with Crippen molar-refractivity contribution in [3.8, 4) is 23.6 Å². The number of rotatable bonds is 14. The molecular formula is C46H46N14O6. The number of phenols is 1. The van der Waals surface area contributed by atoms with E-state index in [2.05, 4.69) is 38.7 Å². The number of nitrogens with one attached hydrogen (secondary N) is 5. The number of urea groups is 2. The predicted molar refractivity (Wildman–Crippen MR) is 244 cm³/mol. The molecule has 66 heavy (non-hydrogen) atoms. The fraction of sp³-hybridized carbons (Fsp3) is 0.239. The highest BCUT2D eigenvalue weighted by Crippen LogP contribution is 2.38. The smallest absolute Gasteiger partial charge is 0.322 e. The van der Waals surface area contributed by atoms with Crippen molar-refractivity contribution in [2.24, 2.45) is 5.73 Å². The molecule has 0 radical (unpaired) electrons. The summed E-state index contributed by atoms with van der Waals surface area (Å²) in [5.41, 5.74) is 8.21. The van der Waals surface area contributed by atoms with Gasteiger partial charge < -0.3 is 57.1 Å². The van der Waals surface area contributed by atoms with Gasteiger partial charge >= 0.3 is 12.1 Å². The van der Waals surface area contributed by atoms with E-state index in [4.69, 9.17) is 20.7 Å². The minimum atomic E-state index is -1.43. The Morgan fingerprint density at radius 1 is 0.742 bits per heavy atom. The maximum Gasteiger partial charge on any atom is 0.322 e. The van der Waals surface area contributed by atoms with Crippen LogP contribution < -0.4 is 37.1 Å². The number of carbonyl (C=O) groups excluding carboxylic acids is 3. The van der Waals surface area contributed by atoms with E-state index in [1.807, 2.05) is 43.3 Å². The van der Waals surface area contributed by atoms with E-state index >= 15 is 0 Å². The molecule has 0 spiro atoms. The minimum Gasteiger partial charge on any atom is -0.508 e. The van der Waals surface area contributed by atoms with Gasteiger partial charge in [0.2, 0.25) is 0 Å². The Morgan fingerprint density at radius 3 is 1.88 bits per heavy atom.